The Bertz CT molecular complexity index is 475. The van der Waals surface area contributed by atoms with Crippen LogP contribution in [-0.4, -0.2) is 22.0 Å². The Kier molecular flexibility index (Phi) is 3.64. The van der Waals surface area contributed by atoms with Gasteiger partial charge in [-0.05, 0) is 12.8 Å². The molecule has 1 N–H and O–H groups in total. The number of carbonyl (C=O) groups is 1. The van der Waals surface area contributed by atoms with E-state index in [1.807, 2.05) is 13.8 Å². The van der Waals surface area contributed by atoms with Crippen LogP contribution >= 0.6 is 11.3 Å². The minimum Gasteiger partial charge on any atom is -0.481 e. The van der Waals surface area contributed by atoms with Gasteiger partial charge in [-0.15, -0.1) is 11.3 Å². The Hall–Kier alpha value is -1.04. The molecule has 1 aliphatic rings. The summed E-state index contributed by atoms with van der Waals surface area (Å²) in [5, 5.41) is 10.3. The predicted molar refractivity (Wildman–Crippen MR) is 68.9 cm³/mol. The van der Waals surface area contributed by atoms with Gasteiger partial charge < -0.3 is 5.11 Å². The minimum absolute atomic E-state index is 0.0188. The Morgan fingerprint density at radius 2 is 1.95 bits per heavy atom. The lowest BCUT2D eigenvalue weighted by Gasteiger charge is -2.35. The fourth-order valence-electron chi connectivity index (χ4n) is 2.38. The highest BCUT2D eigenvalue weighted by Crippen LogP contribution is 2.47. The molecule has 3 nitrogen and oxygen atoms in total. The molecule has 1 heterocycles. The van der Waals surface area contributed by atoms with E-state index in [0.29, 0.717) is 4.88 Å². The Morgan fingerprint density at radius 3 is 2.37 bits per heavy atom. The lowest BCUT2D eigenvalue weighted by atomic mass is 9.72. The predicted octanol–water partition coefficient (Wildman–Crippen LogP) is 3.80. The first-order chi connectivity index (χ1) is 8.77. The van der Waals surface area contributed by atoms with Crippen molar-refractivity contribution in [1.82, 2.24) is 4.98 Å². The van der Waals surface area contributed by atoms with Gasteiger partial charge >= 0.3 is 5.97 Å². The molecular weight excluding hydrogens is 272 g/mol. The number of hydrogen-bond acceptors (Lipinski definition) is 3. The smallest absolute Gasteiger partial charge is 0.315 e. The van der Waals surface area contributed by atoms with E-state index in [0.717, 1.165) is 5.01 Å². The topological polar surface area (TPSA) is 50.2 Å². The van der Waals surface area contributed by atoms with Crippen molar-refractivity contribution < 1.29 is 18.7 Å². The maximum atomic E-state index is 13.3. The van der Waals surface area contributed by atoms with E-state index in [9.17, 15) is 18.7 Å². The first-order valence-corrected chi connectivity index (χ1v) is 7.16. The molecule has 0 aromatic carbocycles. The number of carboxylic acids is 1. The van der Waals surface area contributed by atoms with E-state index in [2.05, 4.69) is 4.98 Å². The van der Waals surface area contributed by atoms with Crippen molar-refractivity contribution in [3.05, 3.63) is 16.1 Å². The molecule has 2 rings (SSSR count). The van der Waals surface area contributed by atoms with Crippen molar-refractivity contribution >= 4 is 17.3 Å². The van der Waals surface area contributed by atoms with Crippen LogP contribution in [-0.2, 0) is 10.2 Å². The highest BCUT2D eigenvalue weighted by Gasteiger charge is 2.50. The fourth-order valence-corrected chi connectivity index (χ4v) is 3.54. The van der Waals surface area contributed by atoms with Crippen molar-refractivity contribution in [2.45, 2.75) is 56.8 Å². The molecule has 0 aliphatic heterocycles. The van der Waals surface area contributed by atoms with Crippen molar-refractivity contribution in [2.24, 2.45) is 0 Å². The molecule has 1 aromatic heterocycles. The molecule has 1 aliphatic carbocycles. The van der Waals surface area contributed by atoms with E-state index >= 15 is 0 Å². The second kappa shape index (κ2) is 4.81. The summed E-state index contributed by atoms with van der Waals surface area (Å²) in [7, 11) is 0. The van der Waals surface area contributed by atoms with Crippen molar-refractivity contribution in [3.8, 4) is 0 Å². The number of aromatic nitrogens is 1. The summed E-state index contributed by atoms with van der Waals surface area (Å²) in [6.45, 7) is 3.95. The van der Waals surface area contributed by atoms with Crippen LogP contribution in [0.4, 0.5) is 8.78 Å². The molecule has 6 heteroatoms. The van der Waals surface area contributed by atoms with Gasteiger partial charge in [0.05, 0.1) is 5.01 Å². The summed E-state index contributed by atoms with van der Waals surface area (Å²) >= 11 is 1.34. The van der Waals surface area contributed by atoms with Crippen LogP contribution in [0.5, 0.6) is 0 Å². The molecule has 0 unspecified atom stereocenters. The maximum absolute atomic E-state index is 13.3. The SMILES string of the molecule is CC(C)c1ncc(C2(C(=O)O)CCC(F)(F)CC2)s1. The molecular formula is C13H17F2NO2S. The third-order valence-corrected chi connectivity index (χ3v) is 5.24. The third-order valence-electron chi connectivity index (χ3n) is 3.73. The van der Waals surface area contributed by atoms with Crippen LogP contribution in [0.3, 0.4) is 0 Å². The first kappa shape index (κ1) is 14.4. The largest absolute Gasteiger partial charge is 0.481 e. The van der Waals surface area contributed by atoms with Gasteiger partial charge in [-0.25, -0.2) is 13.8 Å². The molecule has 0 saturated heterocycles. The number of rotatable bonds is 3. The quantitative estimate of drug-likeness (QED) is 0.920. The number of carboxylic acid groups (broad SMARTS) is 1. The number of thiazole rings is 1. The second-order valence-electron chi connectivity index (χ2n) is 5.46. The zero-order valence-corrected chi connectivity index (χ0v) is 11.8. The fraction of sp³-hybridized carbons (Fsp3) is 0.692. The van der Waals surface area contributed by atoms with Crippen molar-refractivity contribution in [2.75, 3.05) is 0 Å². The monoisotopic (exact) mass is 289 g/mol. The summed E-state index contributed by atoms with van der Waals surface area (Å²) in [6, 6.07) is 0. The number of nitrogens with zero attached hydrogens (tertiary/aromatic N) is 1. The highest BCUT2D eigenvalue weighted by atomic mass is 32.1. The van der Waals surface area contributed by atoms with Gasteiger partial charge in [-0.3, -0.25) is 4.79 Å². The van der Waals surface area contributed by atoms with E-state index in [1.165, 1.54) is 11.3 Å². The summed E-state index contributed by atoms with van der Waals surface area (Å²) < 4.78 is 26.5. The standard InChI is InChI=1S/C13H17F2NO2S/c1-8(2)10-16-7-9(19-10)12(11(17)18)3-5-13(14,15)6-4-12/h7-8H,3-6H2,1-2H3,(H,17,18). The molecule has 106 valence electrons. The molecule has 0 radical (unpaired) electrons. The summed E-state index contributed by atoms with van der Waals surface area (Å²) in [4.78, 5) is 16.4. The molecule has 0 amide bonds. The Balaban J connectivity index is 2.32. The number of halogens is 2. The molecule has 1 fully saturated rings. The Labute approximate surface area is 114 Å². The molecule has 1 aromatic rings. The normalized spacial score (nSPS) is 21.5. The molecule has 1 saturated carbocycles. The van der Waals surface area contributed by atoms with Crippen LogP contribution in [0.1, 0.15) is 55.3 Å². The van der Waals surface area contributed by atoms with E-state index in [1.54, 1.807) is 6.20 Å². The minimum atomic E-state index is -2.73. The van der Waals surface area contributed by atoms with Gasteiger partial charge in [-0.1, -0.05) is 13.8 Å². The number of aliphatic carboxylic acids is 1. The van der Waals surface area contributed by atoms with Gasteiger partial charge in [0.2, 0.25) is 5.92 Å². The van der Waals surface area contributed by atoms with E-state index in [-0.39, 0.29) is 31.6 Å². The van der Waals surface area contributed by atoms with Crippen LogP contribution in [0, 0.1) is 0 Å². The highest BCUT2D eigenvalue weighted by molar-refractivity contribution is 7.12. The lowest BCUT2D eigenvalue weighted by molar-refractivity contribution is -0.148. The van der Waals surface area contributed by atoms with Crippen LogP contribution in [0.25, 0.3) is 0 Å². The van der Waals surface area contributed by atoms with E-state index in [4.69, 9.17) is 0 Å². The zero-order chi connectivity index (χ0) is 14.3. The number of hydrogen-bond donors (Lipinski definition) is 1. The van der Waals surface area contributed by atoms with Crippen LogP contribution < -0.4 is 0 Å². The van der Waals surface area contributed by atoms with Crippen LogP contribution in [0.15, 0.2) is 6.20 Å². The van der Waals surface area contributed by atoms with Gasteiger partial charge in [0.25, 0.3) is 0 Å². The van der Waals surface area contributed by atoms with Crippen molar-refractivity contribution in [1.29, 1.82) is 0 Å². The van der Waals surface area contributed by atoms with Gasteiger partial charge in [0.1, 0.15) is 5.41 Å². The summed E-state index contributed by atoms with van der Waals surface area (Å²) in [5.74, 6) is -3.53. The third kappa shape index (κ3) is 2.63. The first-order valence-electron chi connectivity index (χ1n) is 6.34. The summed E-state index contributed by atoms with van der Waals surface area (Å²) in [5.41, 5.74) is -1.17. The Morgan fingerprint density at radius 1 is 1.37 bits per heavy atom. The second-order valence-corrected chi connectivity index (χ2v) is 6.52. The van der Waals surface area contributed by atoms with Gasteiger partial charge in [-0.2, -0.15) is 0 Å². The molecule has 0 spiro atoms. The van der Waals surface area contributed by atoms with Crippen LogP contribution in [0.2, 0.25) is 0 Å². The average Bonchev–Trinajstić information content (AvgIpc) is 2.79. The van der Waals surface area contributed by atoms with E-state index < -0.39 is 17.3 Å². The summed E-state index contributed by atoms with van der Waals surface area (Å²) in [6.07, 6.45) is 0.782. The lowest BCUT2D eigenvalue weighted by Crippen LogP contribution is -2.42. The average molecular weight is 289 g/mol. The van der Waals surface area contributed by atoms with Crippen molar-refractivity contribution in [3.63, 3.8) is 0 Å². The zero-order valence-electron chi connectivity index (χ0n) is 10.9. The van der Waals surface area contributed by atoms with Gasteiger partial charge in [0, 0.05) is 29.8 Å². The van der Waals surface area contributed by atoms with Gasteiger partial charge in [0.15, 0.2) is 0 Å². The maximum Gasteiger partial charge on any atom is 0.315 e. The molecule has 0 atom stereocenters. The number of alkyl halides is 2. The molecule has 0 bridgehead atoms. The molecule has 19 heavy (non-hydrogen) atoms.